The molecule has 0 heterocycles. The van der Waals surface area contributed by atoms with Crippen LogP contribution in [0.25, 0.3) is 21.9 Å². The minimum Gasteiger partial charge on any atom is -0.478 e. The van der Waals surface area contributed by atoms with Gasteiger partial charge in [0.25, 0.3) is 0 Å². The molecule has 0 saturated heterocycles. The number of halogens is 1. The third-order valence-electron chi connectivity index (χ3n) is 3.64. The fourth-order valence-electron chi connectivity index (χ4n) is 2.61. The molecule has 21 heavy (non-hydrogen) atoms. The van der Waals surface area contributed by atoms with E-state index in [-0.39, 0.29) is 5.56 Å². The van der Waals surface area contributed by atoms with Crippen molar-refractivity contribution >= 4 is 28.3 Å². The molecule has 3 aromatic carbocycles. The van der Waals surface area contributed by atoms with Gasteiger partial charge >= 0.3 is 5.97 Å². The van der Waals surface area contributed by atoms with Gasteiger partial charge in [0, 0.05) is 5.02 Å². The van der Waals surface area contributed by atoms with E-state index >= 15 is 0 Å². The molecule has 2 nitrogen and oxygen atoms in total. The second-order valence-corrected chi connectivity index (χ2v) is 5.41. The predicted octanol–water partition coefficient (Wildman–Crippen LogP) is 5.17. The number of fused-ring (bicyclic) bond motifs is 1. The zero-order chi connectivity index (χ0) is 15.0. The Labute approximate surface area is 127 Å². The Morgan fingerprint density at radius 3 is 2.38 bits per heavy atom. The normalized spacial score (nSPS) is 10.8. The van der Waals surface area contributed by atoms with Crippen molar-refractivity contribution < 1.29 is 9.90 Å². The SMILES string of the molecule is Cc1ccc(-c2cc(Cl)ccc2C(=O)O)c2ccccc12. The quantitative estimate of drug-likeness (QED) is 0.708. The van der Waals surface area contributed by atoms with Crippen molar-refractivity contribution in [3.63, 3.8) is 0 Å². The lowest BCUT2D eigenvalue weighted by molar-refractivity contribution is 0.0698. The largest absolute Gasteiger partial charge is 0.478 e. The monoisotopic (exact) mass is 296 g/mol. The number of carboxylic acids is 1. The van der Waals surface area contributed by atoms with Gasteiger partial charge in [-0.1, -0.05) is 48.0 Å². The van der Waals surface area contributed by atoms with Gasteiger partial charge in [0.15, 0.2) is 0 Å². The molecule has 104 valence electrons. The van der Waals surface area contributed by atoms with Crippen molar-refractivity contribution in [2.45, 2.75) is 6.92 Å². The van der Waals surface area contributed by atoms with Crippen LogP contribution in [0.4, 0.5) is 0 Å². The Bertz CT molecular complexity index is 853. The molecule has 0 bridgehead atoms. The molecule has 3 heteroatoms. The maximum absolute atomic E-state index is 11.5. The zero-order valence-corrected chi connectivity index (χ0v) is 12.2. The Kier molecular flexibility index (Phi) is 3.40. The number of rotatable bonds is 2. The van der Waals surface area contributed by atoms with Gasteiger partial charge in [-0.25, -0.2) is 4.79 Å². The molecule has 0 aliphatic heterocycles. The highest BCUT2D eigenvalue weighted by Gasteiger charge is 2.14. The molecule has 0 aliphatic carbocycles. The summed E-state index contributed by atoms with van der Waals surface area (Å²) in [7, 11) is 0. The lowest BCUT2D eigenvalue weighted by Gasteiger charge is -2.12. The molecule has 0 aliphatic rings. The van der Waals surface area contributed by atoms with Gasteiger partial charge in [-0.2, -0.15) is 0 Å². The van der Waals surface area contributed by atoms with Crippen LogP contribution in [-0.4, -0.2) is 11.1 Å². The third-order valence-corrected chi connectivity index (χ3v) is 3.88. The van der Waals surface area contributed by atoms with Crippen LogP contribution in [0.5, 0.6) is 0 Å². The number of hydrogen-bond donors (Lipinski definition) is 1. The van der Waals surface area contributed by atoms with Crippen LogP contribution in [0.1, 0.15) is 15.9 Å². The van der Waals surface area contributed by atoms with Crippen LogP contribution >= 0.6 is 11.6 Å². The van der Waals surface area contributed by atoms with E-state index < -0.39 is 5.97 Å². The van der Waals surface area contributed by atoms with Gasteiger partial charge in [-0.3, -0.25) is 0 Å². The van der Waals surface area contributed by atoms with E-state index in [9.17, 15) is 9.90 Å². The molecule has 3 aromatic rings. The minimum atomic E-state index is -0.952. The van der Waals surface area contributed by atoms with Crippen molar-refractivity contribution in [2.24, 2.45) is 0 Å². The average Bonchev–Trinajstić information content (AvgIpc) is 2.47. The molecule has 1 N–H and O–H groups in total. The zero-order valence-electron chi connectivity index (χ0n) is 11.4. The first-order chi connectivity index (χ1) is 10.1. The van der Waals surface area contributed by atoms with Crippen molar-refractivity contribution in [3.8, 4) is 11.1 Å². The fourth-order valence-corrected chi connectivity index (χ4v) is 2.78. The van der Waals surface area contributed by atoms with E-state index in [1.807, 2.05) is 43.3 Å². The van der Waals surface area contributed by atoms with Crippen LogP contribution in [0, 0.1) is 6.92 Å². The van der Waals surface area contributed by atoms with E-state index in [0.29, 0.717) is 10.6 Å². The summed E-state index contributed by atoms with van der Waals surface area (Å²) in [6.07, 6.45) is 0. The van der Waals surface area contributed by atoms with Crippen molar-refractivity contribution in [3.05, 3.63) is 70.7 Å². The number of aryl methyl sites for hydroxylation is 1. The third kappa shape index (κ3) is 2.39. The summed E-state index contributed by atoms with van der Waals surface area (Å²) in [5.41, 5.74) is 2.95. The highest BCUT2D eigenvalue weighted by molar-refractivity contribution is 6.31. The van der Waals surface area contributed by atoms with Gasteiger partial charge < -0.3 is 5.11 Å². The molecule has 3 rings (SSSR count). The molecular weight excluding hydrogens is 284 g/mol. The van der Waals surface area contributed by atoms with Crippen molar-refractivity contribution in [1.29, 1.82) is 0 Å². The van der Waals surface area contributed by atoms with E-state index in [0.717, 1.165) is 21.9 Å². The first-order valence-corrected chi connectivity index (χ1v) is 6.97. The van der Waals surface area contributed by atoms with Crippen LogP contribution in [-0.2, 0) is 0 Å². The maximum atomic E-state index is 11.5. The highest BCUT2D eigenvalue weighted by Crippen LogP contribution is 2.34. The number of hydrogen-bond acceptors (Lipinski definition) is 1. The summed E-state index contributed by atoms with van der Waals surface area (Å²) < 4.78 is 0. The molecule has 0 spiro atoms. The van der Waals surface area contributed by atoms with E-state index in [1.54, 1.807) is 18.2 Å². The van der Waals surface area contributed by atoms with E-state index in [2.05, 4.69) is 0 Å². The van der Waals surface area contributed by atoms with Gasteiger partial charge in [0.1, 0.15) is 0 Å². The number of aromatic carboxylic acids is 1. The van der Waals surface area contributed by atoms with Gasteiger partial charge in [-0.15, -0.1) is 0 Å². The minimum absolute atomic E-state index is 0.258. The molecule has 0 aromatic heterocycles. The first-order valence-electron chi connectivity index (χ1n) is 6.59. The molecular formula is C18H13ClO2. The second-order valence-electron chi connectivity index (χ2n) is 4.97. The lowest BCUT2D eigenvalue weighted by Crippen LogP contribution is -1.99. The van der Waals surface area contributed by atoms with E-state index in [1.165, 1.54) is 0 Å². The average molecular weight is 297 g/mol. The summed E-state index contributed by atoms with van der Waals surface area (Å²) in [4.78, 5) is 11.5. The molecule has 0 radical (unpaired) electrons. The number of carbonyl (C=O) groups is 1. The highest BCUT2D eigenvalue weighted by atomic mass is 35.5. The topological polar surface area (TPSA) is 37.3 Å². The Balaban J connectivity index is 2.39. The first kappa shape index (κ1) is 13.7. The lowest BCUT2D eigenvalue weighted by atomic mass is 9.93. The van der Waals surface area contributed by atoms with Gasteiger partial charge in [0.2, 0.25) is 0 Å². The molecule has 0 unspecified atom stereocenters. The Morgan fingerprint density at radius 2 is 1.67 bits per heavy atom. The molecule has 0 fully saturated rings. The summed E-state index contributed by atoms with van der Waals surface area (Å²) in [6, 6.07) is 16.8. The summed E-state index contributed by atoms with van der Waals surface area (Å²) in [5, 5.41) is 12.1. The molecule has 0 atom stereocenters. The summed E-state index contributed by atoms with van der Waals surface area (Å²) >= 11 is 6.06. The van der Waals surface area contributed by atoms with Crippen molar-refractivity contribution in [1.82, 2.24) is 0 Å². The fraction of sp³-hybridized carbons (Fsp3) is 0.0556. The summed E-state index contributed by atoms with van der Waals surface area (Å²) in [5.74, 6) is -0.952. The second kappa shape index (κ2) is 5.23. The number of carboxylic acid groups (broad SMARTS) is 1. The number of benzene rings is 3. The van der Waals surface area contributed by atoms with Gasteiger partial charge in [-0.05, 0) is 52.6 Å². The van der Waals surface area contributed by atoms with Crippen LogP contribution < -0.4 is 0 Å². The standard InChI is InChI=1S/C18H13ClO2/c1-11-6-8-15(14-5-3-2-4-13(11)14)17-10-12(19)7-9-16(17)18(20)21/h2-10H,1H3,(H,20,21). The van der Waals surface area contributed by atoms with Crippen molar-refractivity contribution in [2.75, 3.05) is 0 Å². The summed E-state index contributed by atoms with van der Waals surface area (Å²) in [6.45, 7) is 2.04. The van der Waals surface area contributed by atoms with E-state index in [4.69, 9.17) is 11.6 Å². The van der Waals surface area contributed by atoms with Crippen LogP contribution in [0.2, 0.25) is 5.02 Å². The smallest absolute Gasteiger partial charge is 0.336 e. The Morgan fingerprint density at radius 1 is 0.952 bits per heavy atom. The Hall–Kier alpha value is -2.32. The van der Waals surface area contributed by atoms with Gasteiger partial charge in [0.05, 0.1) is 5.56 Å². The maximum Gasteiger partial charge on any atom is 0.336 e. The molecule has 0 amide bonds. The van der Waals surface area contributed by atoms with Crippen LogP contribution in [0.15, 0.2) is 54.6 Å². The van der Waals surface area contributed by atoms with Crippen LogP contribution in [0.3, 0.4) is 0 Å². The predicted molar refractivity (Wildman–Crippen MR) is 86.1 cm³/mol. The molecule has 0 saturated carbocycles.